The Kier molecular flexibility index (Phi) is 28.5. The van der Waals surface area contributed by atoms with Crippen molar-refractivity contribution >= 4 is 183 Å². The zero-order chi connectivity index (χ0) is 87.3. The van der Waals surface area contributed by atoms with Crippen molar-refractivity contribution in [2.45, 2.75) is 104 Å². The second-order valence-electron chi connectivity index (χ2n) is 32.1. The molecular formula is C100H100Cl4N24. The highest BCUT2D eigenvalue weighted by Crippen LogP contribution is 2.34. The first kappa shape index (κ1) is 86.6. The number of halogens is 4. The molecule has 0 amide bonds. The third-order valence-electron chi connectivity index (χ3n) is 22.7. The molecule has 16 aromatic rings. The van der Waals surface area contributed by atoms with Crippen LogP contribution >= 0.6 is 46.4 Å². The lowest BCUT2D eigenvalue weighted by atomic mass is 10.1. The van der Waals surface area contributed by atoms with Crippen molar-refractivity contribution in [3.63, 3.8) is 0 Å². The van der Waals surface area contributed by atoms with Gasteiger partial charge in [0.25, 0.3) is 0 Å². The van der Waals surface area contributed by atoms with Crippen LogP contribution in [0.15, 0.2) is 256 Å². The van der Waals surface area contributed by atoms with Crippen molar-refractivity contribution < 1.29 is 0 Å². The van der Waals surface area contributed by atoms with E-state index in [1.165, 1.54) is 86.5 Å². The van der Waals surface area contributed by atoms with Gasteiger partial charge in [-0.05, 0) is 258 Å². The first-order valence-electron chi connectivity index (χ1n) is 43.7. The molecule has 4 aliphatic rings. The zero-order valence-electron chi connectivity index (χ0n) is 71.5. The number of benzene rings is 8. The number of rotatable bonds is 24. The number of hydrogen-bond acceptors (Lipinski definition) is 24. The number of aromatic nitrogens is 12. The summed E-state index contributed by atoms with van der Waals surface area (Å²) in [7, 11) is 0. The van der Waals surface area contributed by atoms with Crippen LogP contribution in [0.5, 0.6) is 0 Å². The summed E-state index contributed by atoms with van der Waals surface area (Å²) < 4.78 is 0. The highest BCUT2D eigenvalue weighted by atomic mass is 35.5. The third-order valence-corrected chi connectivity index (χ3v) is 23.6. The molecule has 128 heavy (non-hydrogen) atoms. The number of fused-ring (bicyclic) bond motifs is 4. The first-order chi connectivity index (χ1) is 62.8. The van der Waals surface area contributed by atoms with Crippen LogP contribution in [0, 0.1) is 13.8 Å². The molecule has 20 rings (SSSR count). The van der Waals surface area contributed by atoms with E-state index in [1.54, 1.807) is 24.8 Å². The Bertz CT molecular complexity index is 6430. The minimum absolute atomic E-state index is 0.685. The predicted octanol–water partition coefficient (Wildman–Crippen LogP) is 23.9. The van der Waals surface area contributed by atoms with Gasteiger partial charge in [0.15, 0.2) is 0 Å². The first-order valence-corrected chi connectivity index (χ1v) is 45.2. The Balaban J connectivity index is 0.000000120. The summed E-state index contributed by atoms with van der Waals surface area (Å²) in [5.41, 5.74) is 18.3. The van der Waals surface area contributed by atoms with Crippen LogP contribution in [-0.2, 0) is 26.2 Å². The van der Waals surface area contributed by atoms with Gasteiger partial charge in [0.2, 0.25) is 23.8 Å². The monoisotopic (exact) mass is 1780 g/mol. The van der Waals surface area contributed by atoms with Gasteiger partial charge in [0.05, 0.1) is 22.1 Å². The Morgan fingerprint density at radius 1 is 0.242 bits per heavy atom. The van der Waals surface area contributed by atoms with E-state index in [2.05, 4.69) is 204 Å². The molecule has 648 valence electrons. The maximum Gasteiger partial charge on any atom is 0.227 e. The second kappa shape index (κ2) is 42.2. The Morgan fingerprint density at radius 2 is 0.484 bits per heavy atom. The highest BCUT2D eigenvalue weighted by Gasteiger charge is 2.21. The van der Waals surface area contributed by atoms with E-state index in [9.17, 15) is 0 Å². The molecular weight excluding hydrogens is 1680 g/mol. The molecule has 12 heterocycles. The van der Waals surface area contributed by atoms with Crippen LogP contribution in [0.2, 0.25) is 20.1 Å². The Labute approximate surface area is 765 Å². The largest absolute Gasteiger partial charge is 0.366 e. The molecule has 28 heteroatoms. The number of hydrogen-bond donors (Lipinski definition) is 8. The zero-order valence-corrected chi connectivity index (χ0v) is 74.5. The summed E-state index contributed by atoms with van der Waals surface area (Å²) in [6.45, 7) is 15.2. The average molecular weight is 1780 g/mol. The number of piperidine rings is 2. The fourth-order valence-corrected chi connectivity index (χ4v) is 16.6. The minimum atomic E-state index is 0.685. The van der Waals surface area contributed by atoms with Crippen LogP contribution < -0.4 is 62.1 Å². The predicted molar refractivity (Wildman–Crippen MR) is 528 cm³/mol. The molecule has 0 spiro atoms. The average Bonchev–Trinajstić information content (AvgIpc) is 1.09. The van der Waals surface area contributed by atoms with E-state index < -0.39 is 0 Å². The van der Waals surface area contributed by atoms with Crippen LogP contribution in [0.3, 0.4) is 0 Å². The topological polar surface area (TPSA) is 264 Å². The molecule has 0 saturated carbocycles. The van der Waals surface area contributed by atoms with Crippen molar-refractivity contribution in [2.75, 3.05) is 114 Å². The molecule has 0 aliphatic carbocycles. The molecule has 24 nitrogen and oxygen atoms in total. The highest BCUT2D eigenvalue weighted by molar-refractivity contribution is 6.32. The van der Waals surface area contributed by atoms with Crippen molar-refractivity contribution in [1.82, 2.24) is 59.8 Å². The van der Waals surface area contributed by atoms with Crippen molar-refractivity contribution in [3.05, 3.63) is 309 Å². The van der Waals surface area contributed by atoms with E-state index >= 15 is 0 Å². The molecule has 0 atom stereocenters. The van der Waals surface area contributed by atoms with Gasteiger partial charge in [-0.1, -0.05) is 94.9 Å². The van der Waals surface area contributed by atoms with Gasteiger partial charge >= 0.3 is 0 Å². The smallest absolute Gasteiger partial charge is 0.227 e. The summed E-state index contributed by atoms with van der Waals surface area (Å²) in [6.07, 6.45) is 23.1. The summed E-state index contributed by atoms with van der Waals surface area (Å²) >= 11 is 24.4. The fraction of sp³-hybridized carbons (Fsp3) is 0.240. The van der Waals surface area contributed by atoms with Crippen molar-refractivity contribution in [1.29, 1.82) is 0 Å². The Morgan fingerprint density at radius 3 is 0.766 bits per heavy atom. The summed E-state index contributed by atoms with van der Waals surface area (Å²) in [4.78, 5) is 63.6. The van der Waals surface area contributed by atoms with Crippen LogP contribution in [0.1, 0.15) is 97.8 Å². The summed E-state index contributed by atoms with van der Waals surface area (Å²) in [5.74, 6) is 6.73. The molecule has 8 N–H and O–H groups in total. The molecule has 0 unspecified atom stereocenters. The number of nitrogens with one attached hydrogen (secondary N) is 8. The Hall–Kier alpha value is -13.5. The normalized spacial score (nSPS) is 13.7. The van der Waals surface area contributed by atoms with E-state index in [0.717, 1.165) is 200 Å². The molecule has 4 fully saturated rings. The molecule has 4 saturated heterocycles. The summed E-state index contributed by atoms with van der Waals surface area (Å²) in [5, 5.41) is 34.6. The van der Waals surface area contributed by atoms with Crippen LogP contribution in [0.4, 0.5) is 92.6 Å². The van der Waals surface area contributed by atoms with Crippen molar-refractivity contribution in [2.24, 2.45) is 0 Å². The number of nitrogens with zero attached hydrogens (tertiary/aromatic N) is 16. The number of aryl methyl sites for hydroxylation is 2. The lowest BCUT2D eigenvalue weighted by Crippen LogP contribution is -2.31. The molecule has 8 aromatic heterocycles. The van der Waals surface area contributed by atoms with Gasteiger partial charge in [-0.25, -0.2) is 19.9 Å². The fourth-order valence-electron chi connectivity index (χ4n) is 15.9. The summed E-state index contributed by atoms with van der Waals surface area (Å²) in [6, 6.07) is 72.3. The third kappa shape index (κ3) is 23.4. The maximum atomic E-state index is 6.10. The van der Waals surface area contributed by atoms with Gasteiger partial charge < -0.3 is 62.1 Å². The van der Waals surface area contributed by atoms with E-state index in [4.69, 9.17) is 61.4 Å². The van der Waals surface area contributed by atoms with E-state index in [1.807, 2.05) is 148 Å². The standard InChI is InChI=1S/C26H27ClN6.2C25H25ClN6.C24H23ClN6/c1-18-15-25(32-26(30-18)33-13-3-2-4-14-33)29-17-19-5-8-21(9-6-19)31-23-11-12-28-24-16-20(27)7-10-22(23)24;1-17-14-24(31-25(29-17)32-12-2-3-13-32)28-16-18-4-7-20(8-5-18)30-22-10-11-27-23-15-19(26)6-9-21(22)23;26-19-6-9-21-22(10-12-27-23(21)16-19)30-20-7-4-18(5-8-20)17-29-24-11-13-28-25(31-24)32-14-2-1-3-15-32;25-18-5-8-20-21(9-11-26-22(20)15-18)29-19-6-3-17(4-7-19)16-28-23-10-12-27-24(30-23)31-13-1-2-14-31/h5-12,15-16H,2-4,13-14,17H2,1H3,(H,28,31)(H,29,30,32);4-11,14-15H,2-3,12-13,16H2,1H3,(H,27,30)(H,28,29,31);4-13,16H,1-3,14-15,17H2,(H,27,30)(H,28,29,31);3-12,15H,1-2,13-14,16H2,(H,26,29)(H,27,28,30). The number of pyridine rings is 4. The van der Waals surface area contributed by atoms with Gasteiger partial charge in [-0.2, -0.15) is 19.9 Å². The van der Waals surface area contributed by atoms with Gasteiger partial charge in [-0.15, -0.1) is 0 Å². The molecule has 8 aromatic carbocycles. The van der Waals surface area contributed by atoms with Gasteiger partial charge in [0, 0.05) is 226 Å². The van der Waals surface area contributed by atoms with Crippen LogP contribution in [-0.4, -0.2) is 112 Å². The maximum absolute atomic E-state index is 6.10. The quantitative estimate of drug-likeness (QED) is 0.0279. The van der Waals surface area contributed by atoms with Gasteiger partial charge in [0.1, 0.15) is 23.3 Å². The SMILES string of the molecule is Cc1cc(NCc2ccc(Nc3ccnc4cc(Cl)ccc34)cc2)nc(N2CCCC2)n1.Cc1cc(NCc2ccc(Nc3ccnc4cc(Cl)ccc34)cc2)nc(N2CCCCC2)n1.Clc1ccc2c(Nc3ccc(CNc4ccnc(N5CCCC5)n4)cc3)ccnc2c1.Clc1ccc2c(Nc3ccc(CNc4ccnc(N5CCCCC5)n4)cc3)ccnc2c1. The molecule has 0 bridgehead atoms. The second-order valence-corrected chi connectivity index (χ2v) is 33.9. The minimum Gasteiger partial charge on any atom is -0.366 e. The number of anilines is 16. The van der Waals surface area contributed by atoms with Gasteiger partial charge in [-0.3, -0.25) is 19.9 Å². The van der Waals surface area contributed by atoms with Crippen LogP contribution in [0.25, 0.3) is 43.6 Å². The lowest BCUT2D eigenvalue weighted by molar-refractivity contribution is 0.568. The van der Waals surface area contributed by atoms with Crippen molar-refractivity contribution in [3.8, 4) is 0 Å². The lowest BCUT2D eigenvalue weighted by Gasteiger charge is -2.27. The van der Waals surface area contributed by atoms with E-state index in [-0.39, 0.29) is 0 Å². The van der Waals surface area contributed by atoms with E-state index in [0.29, 0.717) is 46.3 Å². The molecule has 4 aliphatic heterocycles. The molecule has 0 radical (unpaired) electrons.